The van der Waals surface area contributed by atoms with E-state index < -0.39 is 5.69 Å². The van der Waals surface area contributed by atoms with Crippen LogP contribution in [0.1, 0.15) is 0 Å². The first-order valence-corrected chi connectivity index (χ1v) is 8.38. The third-order valence-electron chi connectivity index (χ3n) is 2.79. The zero-order valence-electron chi connectivity index (χ0n) is 10.7. The number of aromatic nitrogens is 2. The molecule has 106 valence electrons. The number of benzene rings is 1. The van der Waals surface area contributed by atoms with Crippen molar-refractivity contribution in [2.24, 2.45) is 0 Å². The number of hydrogen-bond acceptors (Lipinski definition) is 3. The number of H-pyrrole nitrogens is 1. The molecule has 0 radical (unpaired) electrons. The van der Waals surface area contributed by atoms with Crippen LogP contribution >= 0.6 is 39.3 Å². The Morgan fingerprint density at radius 1 is 1.30 bits per heavy atom. The van der Waals surface area contributed by atoms with E-state index in [-0.39, 0.29) is 10.7 Å². The first kappa shape index (κ1) is 15.4. The molecule has 0 fully saturated rings. The molecule has 0 saturated heterocycles. The first-order valence-electron chi connectivity index (χ1n) is 5.82. The van der Waals surface area contributed by atoms with Crippen molar-refractivity contribution < 1.29 is 0 Å². The minimum absolute atomic E-state index is 0.0720. The largest absolute Gasteiger partial charge is 0.329 e. The number of aromatic amines is 1. The van der Waals surface area contributed by atoms with Gasteiger partial charge in [0.05, 0.1) is 5.56 Å². The van der Waals surface area contributed by atoms with Crippen LogP contribution in [0.4, 0.5) is 0 Å². The predicted octanol–water partition coefficient (Wildman–Crippen LogP) is 2.98. The third kappa shape index (κ3) is 3.19. The highest BCUT2D eigenvalue weighted by Gasteiger charge is 2.14. The Balaban J connectivity index is 2.61. The lowest BCUT2D eigenvalue weighted by molar-refractivity contribution is 0.682. The number of hydrogen-bond donors (Lipinski definition) is 1. The molecule has 2 rings (SSSR count). The van der Waals surface area contributed by atoms with E-state index in [1.165, 1.54) is 4.57 Å². The summed E-state index contributed by atoms with van der Waals surface area (Å²) >= 11 is 10.9. The number of thioether (sulfide) groups is 1. The zero-order chi connectivity index (χ0) is 14.7. The van der Waals surface area contributed by atoms with Gasteiger partial charge in [-0.15, -0.1) is 0 Å². The fourth-order valence-corrected chi connectivity index (χ4v) is 2.70. The second-order valence-electron chi connectivity index (χ2n) is 4.08. The second-order valence-corrected chi connectivity index (χ2v) is 6.35. The Bertz CT molecular complexity index is 725. The van der Waals surface area contributed by atoms with Gasteiger partial charge in [0, 0.05) is 16.8 Å². The average molecular weight is 376 g/mol. The molecule has 1 heterocycles. The van der Waals surface area contributed by atoms with Crippen LogP contribution in [0.15, 0.2) is 38.3 Å². The summed E-state index contributed by atoms with van der Waals surface area (Å²) in [5.41, 5.74) is 0.155. The first-order chi connectivity index (χ1) is 9.54. The van der Waals surface area contributed by atoms with Gasteiger partial charge in [-0.2, -0.15) is 11.8 Å². The summed E-state index contributed by atoms with van der Waals surface area (Å²) in [6, 6.07) is 7.21. The van der Waals surface area contributed by atoms with Crippen molar-refractivity contribution >= 4 is 39.3 Å². The second kappa shape index (κ2) is 6.65. The van der Waals surface area contributed by atoms with Crippen LogP contribution in [0.3, 0.4) is 0 Å². The lowest BCUT2D eigenvalue weighted by Gasteiger charge is -2.08. The van der Waals surface area contributed by atoms with Crippen LogP contribution in [-0.2, 0) is 6.54 Å². The van der Waals surface area contributed by atoms with Crippen LogP contribution in [0.25, 0.3) is 11.1 Å². The van der Waals surface area contributed by atoms with Gasteiger partial charge < -0.3 is 0 Å². The molecular weight excluding hydrogens is 364 g/mol. The molecule has 0 unspecified atom stereocenters. The molecule has 4 nitrogen and oxygen atoms in total. The molecule has 0 bridgehead atoms. The maximum Gasteiger partial charge on any atom is 0.329 e. The lowest BCUT2D eigenvalue weighted by atomic mass is 10.1. The standard InChI is InChI=1S/C13H12BrClN2O2S/c1-20-7-6-17-12(18)10(11(15)16-13(17)19)8-2-4-9(14)5-3-8/h2-5H,6-7H2,1H3,(H,16,19). The van der Waals surface area contributed by atoms with Crippen molar-refractivity contribution in [3.8, 4) is 11.1 Å². The van der Waals surface area contributed by atoms with E-state index in [1.54, 1.807) is 23.9 Å². The molecule has 0 aliphatic heterocycles. The molecule has 7 heteroatoms. The van der Waals surface area contributed by atoms with E-state index in [0.29, 0.717) is 23.4 Å². The predicted molar refractivity (Wildman–Crippen MR) is 87.9 cm³/mol. The molecule has 20 heavy (non-hydrogen) atoms. The molecule has 0 aliphatic carbocycles. The summed E-state index contributed by atoms with van der Waals surface area (Å²) in [5, 5.41) is 0.0720. The molecule has 1 aromatic carbocycles. The maximum atomic E-state index is 12.4. The monoisotopic (exact) mass is 374 g/mol. The highest BCUT2D eigenvalue weighted by Crippen LogP contribution is 2.23. The number of rotatable bonds is 4. The summed E-state index contributed by atoms with van der Waals surface area (Å²) in [5.74, 6) is 0.685. The fraction of sp³-hybridized carbons (Fsp3) is 0.231. The molecule has 0 amide bonds. The highest BCUT2D eigenvalue weighted by molar-refractivity contribution is 9.10. The van der Waals surface area contributed by atoms with Gasteiger partial charge in [-0.3, -0.25) is 14.3 Å². The molecular formula is C13H12BrClN2O2S. The quantitative estimate of drug-likeness (QED) is 0.836. The molecule has 1 aromatic heterocycles. The van der Waals surface area contributed by atoms with Gasteiger partial charge in [0.2, 0.25) is 0 Å². The normalized spacial score (nSPS) is 10.8. The summed E-state index contributed by atoms with van der Waals surface area (Å²) in [6.07, 6.45) is 1.92. The lowest BCUT2D eigenvalue weighted by Crippen LogP contribution is -2.36. The Morgan fingerprint density at radius 3 is 2.55 bits per heavy atom. The number of halogens is 2. The van der Waals surface area contributed by atoms with Crippen molar-refractivity contribution in [2.45, 2.75) is 6.54 Å². The van der Waals surface area contributed by atoms with Gasteiger partial charge >= 0.3 is 5.69 Å². The summed E-state index contributed by atoms with van der Waals surface area (Å²) in [4.78, 5) is 26.8. The van der Waals surface area contributed by atoms with Gasteiger partial charge in [0.15, 0.2) is 0 Å². The highest BCUT2D eigenvalue weighted by atomic mass is 79.9. The number of nitrogens with one attached hydrogen (secondary N) is 1. The zero-order valence-corrected chi connectivity index (χ0v) is 13.8. The van der Waals surface area contributed by atoms with Crippen LogP contribution in [0.2, 0.25) is 5.15 Å². The Kier molecular flexibility index (Phi) is 5.12. The van der Waals surface area contributed by atoms with Gasteiger partial charge in [0.25, 0.3) is 5.56 Å². The van der Waals surface area contributed by atoms with Crippen molar-refractivity contribution in [1.29, 1.82) is 0 Å². The summed E-state index contributed by atoms with van der Waals surface area (Å²) < 4.78 is 2.09. The van der Waals surface area contributed by atoms with Crippen molar-refractivity contribution in [1.82, 2.24) is 9.55 Å². The Hall–Kier alpha value is -0.980. The molecule has 0 spiro atoms. The molecule has 0 saturated carbocycles. The van der Waals surface area contributed by atoms with E-state index in [4.69, 9.17) is 11.6 Å². The molecule has 1 N–H and O–H groups in total. The van der Waals surface area contributed by atoms with E-state index in [0.717, 1.165) is 4.47 Å². The summed E-state index contributed by atoms with van der Waals surface area (Å²) in [7, 11) is 0. The van der Waals surface area contributed by atoms with Crippen LogP contribution in [0.5, 0.6) is 0 Å². The Morgan fingerprint density at radius 2 is 1.95 bits per heavy atom. The maximum absolute atomic E-state index is 12.4. The van der Waals surface area contributed by atoms with E-state index in [1.807, 2.05) is 18.4 Å². The van der Waals surface area contributed by atoms with Crippen LogP contribution in [-0.4, -0.2) is 21.6 Å². The Labute approximate surface area is 133 Å². The van der Waals surface area contributed by atoms with Crippen LogP contribution < -0.4 is 11.2 Å². The fourth-order valence-electron chi connectivity index (χ4n) is 1.80. The topological polar surface area (TPSA) is 54.9 Å². The molecule has 2 aromatic rings. The minimum Gasteiger partial charge on any atom is -0.297 e. The third-order valence-corrected chi connectivity index (χ3v) is 4.20. The average Bonchev–Trinajstić information content (AvgIpc) is 2.40. The van der Waals surface area contributed by atoms with Gasteiger partial charge in [0.1, 0.15) is 5.15 Å². The van der Waals surface area contributed by atoms with Crippen LogP contribution in [0, 0.1) is 0 Å². The number of nitrogens with zero attached hydrogens (tertiary/aromatic N) is 1. The SMILES string of the molecule is CSCCn1c(=O)[nH]c(Cl)c(-c2ccc(Br)cc2)c1=O. The van der Waals surface area contributed by atoms with Gasteiger partial charge in [-0.25, -0.2) is 4.79 Å². The van der Waals surface area contributed by atoms with Crippen molar-refractivity contribution in [3.63, 3.8) is 0 Å². The smallest absolute Gasteiger partial charge is 0.297 e. The van der Waals surface area contributed by atoms with Crippen molar-refractivity contribution in [3.05, 3.63) is 54.7 Å². The van der Waals surface area contributed by atoms with E-state index >= 15 is 0 Å². The van der Waals surface area contributed by atoms with E-state index in [2.05, 4.69) is 20.9 Å². The summed E-state index contributed by atoms with van der Waals surface area (Å²) in [6.45, 7) is 0.357. The van der Waals surface area contributed by atoms with Gasteiger partial charge in [-0.1, -0.05) is 39.7 Å². The molecule has 0 aliphatic rings. The van der Waals surface area contributed by atoms with Crippen molar-refractivity contribution in [2.75, 3.05) is 12.0 Å². The van der Waals surface area contributed by atoms with Gasteiger partial charge in [-0.05, 0) is 24.0 Å². The van der Waals surface area contributed by atoms with E-state index in [9.17, 15) is 9.59 Å². The molecule has 0 atom stereocenters. The minimum atomic E-state index is -0.477.